The van der Waals surface area contributed by atoms with Crippen molar-refractivity contribution in [3.8, 4) is 0 Å². The molecule has 4 atom stereocenters. The van der Waals surface area contributed by atoms with Gasteiger partial charge >= 0.3 is 0 Å². The van der Waals surface area contributed by atoms with E-state index in [0.717, 1.165) is 5.65 Å². The van der Waals surface area contributed by atoms with Gasteiger partial charge in [0.2, 0.25) is 0 Å². The number of nitrogens with one attached hydrogen (secondary N) is 1. The highest BCUT2D eigenvalue weighted by Crippen LogP contribution is 2.35. The van der Waals surface area contributed by atoms with Crippen LogP contribution in [0, 0.1) is 0 Å². The molecule has 3 N–H and O–H groups in total. The second-order valence-electron chi connectivity index (χ2n) is 5.14. The number of fused-ring (bicyclic) bond motifs is 2. The van der Waals surface area contributed by atoms with Gasteiger partial charge < -0.3 is 25.1 Å². The molecule has 8 heteroatoms. The van der Waals surface area contributed by atoms with Gasteiger partial charge in [-0.3, -0.25) is 0 Å². The molecule has 0 spiro atoms. The van der Waals surface area contributed by atoms with Gasteiger partial charge in [-0.05, 0) is 7.05 Å². The standard InChI is InChI=1S/C12H16N6O2/c1-14-6-2-19-10-7(3-20-9(6)10)18-5-17-8-11(13)15-4-16-12(8)18/h4-7,9-10,14H,2-3H2,1H3,(H2,13,15,16). The van der Waals surface area contributed by atoms with Gasteiger partial charge in [0, 0.05) is 0 Å². The number of imidazole rings is 1. The summed E-state index contributed by atoms with van der Waals surface area (Å²) in [5.74, 6) is 0.393. The smallest absolute Gasteiger partial charge is 0.165 e. The summed E-state index contributed by atoms with van der Waals surface area (Å²) < 4.78 is 13.8. The van der Waals surface area contributed by atoms with Gasteiger partial charge in [0.1, 0.15) is 24.1 Å². The third kappa shape index (κ3) is 1.55. The van der Waals surface area contributed by atoms with Gasteiger partial charge in [0.15, 0.2) is 11.5 Å². The number of hydrogen-bond acceptors (Lipinski definition) is 7. The normalized spacial score (nSPS) is 32.9. The zero-order valence-corrected chi connectivity index (χ0v) is 11.1. The van der Waals surface area contributed by atoms with Crippen molar-refractivity contribution in [1.29, 1.82) is 0 Å². The first-order chi connectivity index (χ1) is 9.79. The molecule has 0 aliphatic carbocycles. The number of nitrogen functional groups attached to an aromatic ring is 1. The SMILES string of the molecule is CNC1COC2C1OCC2n1cnc2c(N)ncnc21. The fourth-order valence-corrected chi connectivity index (χ4v) is 3.08. The second-order valence-corrected chi connectivity index (χ2v) is 5.14. The highest BCUT2D eigenvalue weighted by Gasteiger charge is 2.48. The minimum atomic E-state index is 0.0149. The summed E-state index contributed by atoms with van der Waals surface area (Å²) in [5.41, 5.74) is 7.17. The summed E-state index contributed by atoms with van der Waals surface area (Å²) in [6.45, 7) is 1.25. The van der Waals surface area contributed by atoms with Gasteiger partial charge in [0.25, 0.3) is 0 Å². The second kappa shape index (κ2) is 4.37. The van der Waals surface area contributed by atoms with Crippen molar-refractivity contribution >= 4 is 17.0 Å². The Kier molecular flexibility index (Phi) is 2.62. The minimum absolute atomic E-state index is 0.0149. The molecule has 0 bridgehead atoms. The van der Waals surface area contributed by atoms with E-state index in [-0.39, 0.29) is 24.3 Å². The van der Waals surface area contributed by atoms with Crippen LogP contribution in [0.5, 0.6) is 0 Å². The number of aromatic nitrogens is 4. The average molecular weight is 276 g/mol. The number of nitrogens with zero attached hydrogens (tertiary/aromatic N) is 4. The lowest BCUT2D eigenvalue weighted by molar-refractivity contribution is 0.0638. The maximum Gasteiger partial charge on any atom is 0.165 e. The lowest BCUT2D eigenvalue weighted by atomic mass is 10.1. The van der Waals surface area contributed by atoms with E-state index < -0.39 is 0 Å². The van der Waals surface area contributed by atoms with Crippen LogP contribution < -0.4 is 11.1 Å². The van der Waals surface area contributed by atoms with Crippen LogP contribution in [0.1, 0.15) is 6.04 Å². The summed E-state index contributed by atoms with van der Waals surface area (Å²) in [5, 5.41) is 3.23. The van der Waals surface area contributed by atoms with E-state index >= 15 is 0 Å². The molecule has 2 aliphatic heterocycles. The van der Waals surface area contributed by atoms with Crippen LogP contribution in [0.15, 0.2) is 12.7 Å². The largest absolute Gasteiger partial charge is 0.382 e. The monoisotopic (exact) mass is 276 g/mol. The maximum atomic E-state index is 5.89. The fourth-order valence-electron chi connectivity index (χ4n) is 3.08. The summed E-state index contributed by atoms with van der Waals surface area (Å²) in [7, 11) is 1.92. The molecule has 106 valence electrons. The fraction of sp³-hybridized carbons (Fsp3) is 0.583. The molecule has 8 nitrogen and oxygen atoms in total. The van der Waals surface area contributed by atoms with Crippen LogP contribution in [0.3, 0.4) is 0 Å². The van der Waals surface area contributed by atoms with Gasteiger partial charge in [-0.1, -0.05) is 0 Å². The van der Waals surface area contributed by atoms with E-state index in [2.05, 4.69) is 20.3 Å². The molecule has 0 radical (unpaired) electrons. The third-order valence-corrected chi connectivity index (χ3v) is 4.14. The van der Waals surface area contributed by atoms with E-state index in [1.165, 1.54) is 6.33 Å². The Morgan fingerprint density at radius 1 is 1.25 bits per heavy atom. The van der Waals surface area contributed by atoms with Gasteiger partial charge in [-0.25, -0.2) is 15.0 Å². The van der Waals surface area contributed by atoms with Crippen molar-refractivity contribution < 1.29 is 9.47 Å². The number of anilines is 1. The number of ether oxygens (including phenoxy) is 2. The molecule has 0 saturated carbocycles. The van der Waals surface area contributed by atoms with Crippen LogP contribution in [-0.2, 0) is 9.47 Å². The van der Waals surface area contributed by atoms with Gasteiger partial charge in [0.05, 0.1) is 31.6 Å². The van der Waals surface area contributed by atoms with E-state index in [1.54, 1.807) is 6.33 Å². The van der Waals surface area contributed by atoms with Gasteiger partial charge in [-0.2, -0.15) is 0 Å². The molecule has 0 aromatic carbocycles. The Hall–Kier alpha value is -1.77. The molecule has 2 aromatic rings. The van der Waals surface area contributed by atoms with Crippen LogP contribution in [0.2, 0.25) is 0 Å². The van der Waals surface area contributed by atoms with Crippen molar-refractivity contribution in [2.75, 3.05) is 26.0 Å². The quantitative estimate of drug-likeness (QED) is 0.750. The van der Waals surface area contributed by atoms with E-state index in [0.29, 0.717) is 24.5 Å². The van der Waals surface area contributed by atoms with Crippen LogP contribution >= 0.6 is 0 Å². The zero-order valence-electron chi connectivity index (χ0n) is 11.1. The lowest BCUT2D eigenvalue weighted by Gasteiger charge is -2.17. The lowest BCUT2D eigenvalue weighted by Crippen LogP contribution is -2.38. The molecule has 4 heterocycles. The van der Waals surface area contributed by atoms with E-state index in [1.807, 2.05) is 11.6 Å². The molecule has 20 heavy (non-hydrogen) atoms. The van der Waals surface area contributed by atoms with Crippen molar-refractivity contribution in [2.24, 2.45) is 0 Å². The highest BCUT2D eigenvalue weighted by molar-refractivity contribution is 5.81. The topological polar surface area (TPSA) is 100 Å². The Bertz CT molecular complexity index is 644. The predicted molar refractivity (Wildman–Crippen MR) is 71.1 cm³/mol. The number of nitrogens with two attached hydrogens (primary N) is 1. The summed E-state index contributed by atoms with van der Waals surface area (Å²) in [6.07, 6.45) is 3.28. The molecule has 2 fully saturated rings. The Morgan fingerprint density at radius 3 is 2.95 bits per heavy atom. The Balaban J connectivity index is 1.72. The van der Waals surface area contributed by atoms with E-state index in [9.17, 15) is 0 Å². The highest BCUT2D eigenvalue weighted by atomic mass is 16.6. The number of likely N-dealkylation sites (N-methyl/N-ethyl adjacent to an activating group) is 1. The summed E-state index contributed by atoms with van der Waals surface area (Å²) in [6, 6.07) is 0.303. The van der Waals surface area contributed by atoms with Crippen molar-refractivity contribution in [2.45, 2.75) is 24.3 Å². The van der Waals surface area contributed by atoms with Crippen molar-refractivity contribution in [3.05, 3.63) is 12.7 Å². The Labute approximate surface area is 115 Å². The predicted octanol–water partition coefficient (Wildman–Crippen LogP) is -0.665. The summed E-state index contributed by atoms with van der Waals surface area (Å²) >= 11 is 0. The zero-order chi connectivity index (χ0) is 13.7. The molecule has 0 amide bonds. The minimum Gasteiger partial charge on any atom is -0.382 e. The number of hydrogen-bond donors (Lipinski definition) is 2. The molecule has 2 aliphatic rings. The average Bonchev–Trinajstić information content (AvgIpc) is 3.11. The molecule has 2 aromatic heterocycles. The molecule has 4 unspecified atom stereocenters. The summed E-state index contributed by atoms with van der Waals surface area (Å²) in [4.78, 5) is 12.5. The molecule has 2 saturated heterocycles. The molecule has 4 rings (SSSR count). The van der Waals surface area contributed by atoms with Crippen LogP contribution in [0.4, 0.5) is 5.82 Å². The first kappa shape index (κ1) is 12.0. The van der Waals surface area contributed by atoms with Gasteiger partial charge in [-0.15, -0.1) is 0 Å². The first-order valence-corrected chi connectivity index (χ1v) is 6.63. The number of rotatable bonds is 2. The van der Waals surface area contributed by atoms with Crippen molar-refractivity contribution in [1.82, 2.24) is 24.8 Å². The van der Waals surface area contributed by atoms with Crippen molar-refractivity contribution in [3.63, 3.8) is 0 Å². The van der Waals surface area contributed by atoms with E-state index in [4.69, 9.17) is 15.2 Å². The first-order valence-electron chi connectivity index (χ1n) is 6.63. The molecular weight excluding hydrogens is 260 g/mol. The maximum absolute atomic E-state index is 5.89. The third-order valence-electron chi connectivity index (χ3n) is 4.14. The molecular formula is C12H16N6O2. The Morgan fingerprint density at radius 2 is 2.10 bits per heavy atom. The van der Waals surface area contributed by atoms with Crippen LogP contribution in [0.25, 0.3) is 11.2 Å². The van der Waals surface area contributed by atoms with Crippen LogP contribution in [-0.4, -0.2) is 58.0 Å².